The maximum absolute atomic E-state index is 5.06. The molecule has 60 heavy (non-hydrogen) atoms. The van der Waals surface area contributed by atoms with Gasteiger partial charge in [0, 0.05) is 16.7 Å². The van der Waals surface area contributed by atoms with E-state index in [1.807, 2.05) is 30.3 Å². The van der Waals surface area contributed by atoms with E-state index in [0.29, 0.717) is 17.5 Å². The Labute approximate surface area is 348 Å². The van der Waals surface area contributed by atoms with Crippen LogP contribution >= 0.6 is 0 Å². The number of fused-ring (bicyclic) bond motifs is 5. The summed E-state index contributed by atoms with van der Waals surface area (Å²) in [6.07, 6.45) is 0. The van der Waals surface area contributed by atoms with Gasteiger partial charge in [-0.2, -0.15) is 0 Å². The first kappa shape index (κ1) is 34.1. The van der Waals surface area contributed by atoms with Gasteiger partial charge in [0.2, 0.25) is 0 Å². The summed E-state index contributed by atoms with van der Waals surface area (Å²) in [5.74, 6) is 1.94. The van der Waals surface area contributed by atoms with Crippen molar-refractivity contribution in [1.82, 2.24) is 15.0 Å². The van der Waals surface area contributed by atoms with Crippen LogP contribution in [0.15, 0.2) is 212 Å². The van der Waals surface area contributed by atoms with Crippen molar-refractivity contribution in [3.8, 4) is 89.8 Å². The molecule has 1 heterocycles. The molecule has 0 amide bonds. The van der Waals surface area contributed by atoms with Crippen molar-refractivity contribution in [2.24, 2.45) is 0 Å². The fraction of sp³-hybridized carbons (Fsp3) is 0. The number of hydrogen-bond donors (Lipinski definition) is 0. The monoisotopic (exact) mass is 761 g/mol. The van der Waals surface area contributed by atoms with Gasteiger partial charge in [0.25, 0.3) is 0 Å². The van der Waals surface area contributed by atoms with E-state index in [2.05, 4.69) is 182 Å². The third-order valence-corrected chi connectivity index (χ3v) is 12.1. The predicted octanol–water partition coefficient (Wildman–Crippen LogP) is 15.0. The summed E-state index contributed by atoms with van der Waals surface area (Å²) < 4.78 is 0. The maximum Gasteiger partial charge on any atom is 0.164 e. The van der Waals surface area contributed by atoms with Crippen molar-refractivity contribution in [2.45, 2.75) is 0 Å². The molecule has 1 aromatic heterocycles. The van der Waals surface area contributed by atoms with Gasteiger partial charge in [-0.15, -0.1) is 0 Å². The molecule has 0 aliphatic heterocycles. The van der Waals surface area contributed by atoms with E-state index in [0.717, 1.165) is 27.6 Å². The third kappa shape index (κ3) is 5.71. The highest BCUT2D eigenvalue weighted by molar-refractivity contribution is 6.15. The SMILES string of the molecule is c1ccc(-c2nc(-c3ccc(-c4ccc5ccccc5c4-c4ccc(-c5ccc6c(c5)-c5cccc7cccc-6c57)cc4)cc3)nc(-c3ccc4ccccc4c3)n2)cc1. The first-order chi connectivity index (χ1) is 29.7. The number of aromatic nitrogens is 3. The molecule has 1 aliphatic carbocycles. The van der Waals surface area contributed by atoms with Gasteiger partial charge in [-0.25, -0.2) is 15.0 Å². The maximum atomic E-state index is 5.06. The van der Waals surface area contributed by atoms with E-state index in [4.69, 9.17) is 15.0 Å². The van der Waals surface area contributed by atoms with E-state index in [1.165, 1.54) is 77.0 Å². The van der Waals surface area contributed by atoms with Crippen molar-refractivity contribution < 1.29 is 0 Å². The van der Waals surface area contributed by atoms with Crippen LogP contribution in [0, 0.1) is 0 Å². The van der Waals surface area contributed by atoms with Crippen molar-refractivity contribution in [3.05, 3.63) is 212 Å². The summed E-state index contributed by atoms with van der Waals surface area (Å²) in [4.78, 5) is 15.1. The lowest BCUT2D eigenvalue weighted by Crippen LogP contribution is -2.00. The second-order valence-corrected chi connectivity index (χ2v) is 15.6. The van der Waals surface area contributed by atoms with E-state index in [1.54, 1.807) is 0 Å². The lowest BCUT2D eigenvalue weighted by Gasteiger charge is -2.15. The van der Waals surface area contributed by atoms with Crippen LogP contribution in [-0.2, 0) is 0 Å². The largest absolute Gasteiger partial charge is 0.208 e. The molecule has 3 nitrogen and oxygen atoms in total. The molecular weight excluding hydrogens is 727 g/mol. The molecule has 1 aliphatic rings. The topological polar surface area (TPSA) is 38.7 Å². The molecule has 0 bridgehead atoms. The molecule has 10 aromatic carbocycles. The number of nitrogens with zero attached hydrogens (tertiary/aromatic N) is 3. The number of hydrogen-bond acceptors (Lipinski definition) is 3. The Kier molecular flexibility index (Phi) is 7.85. The molecule has 0 atom stereocenters. The zero-order valence-electron chi connectivity index (χ0n) is 32.5. The summed E-state index contributed by atoms with van der Waals surface area (Å²) >= 11 is 0. The summed E-state index contributed by atoms with van der Waals surface area (Å²) in [5.41, 5.74) is 15.2. The van der Waals surface area contributed by atoms with Crippen molar-refractivity contribution in [2.75, 3.05) is 0 Å². The first-order valence-corrected chi connectivity index (χ1v) is 20.4. The molecule has 0 unspecified atom stereocenters. The molecule has 0 spiro atoms. The van der Waals surface area contributed by atoms with E-state index in [9.17, 15) is 0 Å². The minimum atomic E-state index is 0.639. The average Bonchev–Trinajstić information content (AvgIpc) is 3.65. The fourth-order valence-electron chi connectivity index (χ4n) is 9.10. The highest BCUT2D eigenvalue weighted by atomic mass is 15.0. The number of benzene rings is 10. The summed E-state index contributed by atoms with van der Waals surface area (Å²) in [5, 5.41) is 7.42. The van der Waals surface area contributed by atoms with Crippen molar-refractivity contribution >= 4 is 32.3 Å². The number of rotatable bonds is 6. The summed E-state index contributed by atoms with van der Waals surface area (Å²) in [7, 11) is 0. The van der Waals surface area contributed by atoms with Gasteiger partial charge < -0.3 is 0 Å². The Morgan fingerprint density at radius 1 is 0.233 bits per heavy atom. The normalized spacial score (nSPS) is 11.7. The van der Waals surface area contributed by atoms with Gasteiger partial charge in [0.05, 0.1) is 0 Å². The lowest BCUT2D eigenvalue weighted by atomic mass is 9.88. The van der Waals surface area contributed by atoms with Crippen molar-refractivity contribution in [1.29, 1.82) is 0 Å². The molecule has 0 radical (unpaired) electrons. The van der Waals surface area contributed by atoms with E-state index >= 15 is 0 Å². The lowest BCUT2D eigenvalue weighted by molar-refractivity contribution is 1.07. The van der Waals surface area contributed by atoms with Gasteiger partial charge in [-0.3, -0.25) is 0 Å². The van der Waals surface area contributed by atoms with Gasteiger partial charge in [-0.05, 0) is 100 Å². The zero-order chi connectivity index (χ0) is 39.6. The van der Waals surface area contributed by atoms with Crippen LogP contribution < -0.4 is 0 Å². The molecule has 11 aromatic rings. The van der Waals surface area contributed by atoms with Crippen LogP contribution in [0.5, 0.6) is 0 Å². The minimum absolute atomic E-state index is 0.639. The van der Waals surface area contributed by atoms with Gasteiger partial charge >= 0.3 is 0 Å². The molecule has 0 saturated heterocycles. The van der Waals surface area contributed by atoms with Crippen LogP contribution in [0.2, 0.25) is 0 Å². The van der Waals surface area contributed by atoms with E-state index < -0.39 is 0 Å². The molecule has 278 valence electrons. The minimum Gasteiger partial charge on any atom is -0.208 e. The van der Waals surface area contributed by atoms with Gasteiger partial charge in [0.15, 0.2) is 17.5 Å². The Morgan fingerprint density at radius 2 is 0.750 bits per heavy atom. The Bertz CT molecular complexity index is 3460. The Balaban J connectivity index is 0.921. The molecule has 0 fully saturated rings. The fourth-order valence-corrected chi connectivity index (χ4v) is 9.10. The molecule has 0 N–H and O–H groups in total. The summed E-state index contributed by atoms with van der Waals surface area (Å²) in [6.45, 7) is 0. The van der Waals surface area contributed by atoms with Gasteiger partial charge in [0.1, 0.15) is 0 Å². The molecule has 12 rings (SSSR count). The van der Waals surface area contributed by atoms with Crippen LogP contribution in [0.3, 0.4) is 0 Å². The van der Waals surface area contributed by atoms with Gasteiger partial charge in [-0.1, -0.05) is 200 Å². The standard InChI is InChI=1S/C57H35N3/c1-2-12-42(13-3-1)55-58-56(60-57(59-55)46-29-22-36-10-4-5-14-44(36)34-46)43-27-23-39(24-28-43)48-32-30-38-11-6-7-17-47(38)53(48)41-25-20-37(21-26-41)45-31-33-49-50-18-8-15-40-16-9-19-51(54(40)50)52(49)35-45/h1-35H. The van der Waals surface area contributed by atoms with Crippen LogP contribution in [-0.4, -0.2) is 15.0 Å². The predicted molar refractivity (Wildman–Crippen MR) is 249 cm³/mol. The second kappa shape index (κ2) is 13.8. The molecular formula is C57H35N3. The third-order valence-electron chi connectivity index (χ3n) is 12.1. The Morgan fingerprint density at radius 3 is 1.52 bits per heavy atom. The smallest absolute Gasteiger partial charge is 0.164 e. The van der Waals surface area contributed by atoms with Crippen molar-refractivity contribution in [3.63, 3.8) is 0 Å². The van der Waals surface area contributed by atoms with Crippen LogP contribution in [0.4, 0.5) is 0 Å². The van der Waals surface area contributed by atoms with Crippen LogP contribution in [0.25, 0.3) is 122 Å². The first-order valence-electron chi connectivity index (χ1n) is 20.4. The highest BCUT2D eigenvalue weighted by Gasteiger charge is 2.22. The highest BCUT2D eigenvalue weighted by Crippen LogP contribution is 2.48. The zero-order valence-corrected chi connectivity index (χ0v) is 32.5. The molecule has 3 heteroatoms. The average molecular weight is 762 g/mol. The Hall–Kier alpha value is -8.01. The quantitative estimate of drug-likeness (QED) is 0.169. The second-order valence-electron chi connectivity index (χ2n) is 15.6. The van der Waals surface area contributed by atoms with E-state index in [-0.39, 0.29) is 0 Å². The molecule has 0 saturated carbocycles. The van der Waals surface area contributed by atoms with Crippen LogP contribution in [0.1, 0.15) is 0 Å². The summed E-state index contributed by atoms with van der Waals surface area (Å²) in [6, 6.07) is 76.0.